The minimum absolute atomic E-state index is 0.0428. The first-order valence-electron chi connectivity index (χ1n) is 11.3. The Balaban J connectivity index is 1.68. The second kappa shape index (κ2) is 10.3. The maximum atomic E-state index is 11.6. The fourth-order valence-corrected chi connectivity index (χ4v) is 4.52. The zero-order chi connectivity index (χ0) is 24.2. The molecule has 9 heteroatoms. The van der Waals surface area contributed by atoms with E-state index in [0.29, 0.717) is 33.7 Å². The van der Waals surface area contributed by atoms with E-state index in [-0.39, 0.29) is 18.2 Å². The third kappa shape index (κ3) is 4.80. The average molecular weight is 471 g/mol. The van der Waals surface area contributed by atoms with Crippen LogP contribution >= 0.6 is 0 Å². The van der Waals surface area contributed by atoms with Crippen LogP contribution in [0.1, 0.15) is 47.7 Å². The Hall–Kier alpha value is -3.30. The summed E-state index contributed by atoms with van der Waals surface area (Å²) in [4.78, 5) is 11.6. The van der Waals surface area contributed by atoms with Crippen LogP contribution in [-0.2, 0) is 11.3 Å². The molecule has 0 spiro atoms. The maximum Gasteiger partial charge on any atom is 0.337 e. The standard InChI is InChI=1S/C25H30N2O7/c1-31-19-11-16(12-20(32-2)24(19)33-3)23(28)21(34-17-8-4-5-9-17)14-27-13-15-7-6-10-18(25(29)30)22(15)26-27/h6-7,10-13,17,21,23,28H,4-5,8-9,14H2,1-3H3,(H,29,30). The van der Waals surface area contributed by atoms with Crippen molar-refractivity contribution in [2.45, 2.75) is 50.5 Å². The Morgan fingerprint density at radius 2 is 1.79 bits per heavy atom. The Kier molecular flexibility index (Phi) is 7.23. The molecule has 1 aliphatic carbocycles. The molecule has 9 nitrogen and oxygen atoms in total. The molecule has 1 aliphatic rings. The smallest absolute Gasteiger partial charge is 0.337 e. The van der Waals surface area contributed by atoms with E-state index in [1.165, 1.54) is 27.4 Å². The zero-order valence-electron chi connectivity index (χ0n) is 19.6. The van der Waals surface area contributed by atoms with Gasteiger partial charge in [0, 0.05) is 11.6 Å². The van der Waals surface area contributed by atoms with E-state index in [1.807, 2.05) is 6.07 Å². The number of benzene rings is 2. The molecule has 2 aromatic carbocycles. The minimum Gasteiger partial charge on any atom is -0.493 e. The predicted octanol–water partition coefficient (Wildman–Crippen LogP) is 3.82. The summed E-state index contributed by atoms with van der Waals surface area (Å²) < 4.78 is 24.3. The number of nitrogens with zero attached hydrogens (tertiary/aromatic N) is 2. The Labute approximate surface area is 197 Å². The molecule has 2 N–H and O–H groups in total. The average Bonchev–Trinajstić information content (AvgIpc) is 3.51. The summed E-state index contributed by atoms with van der Waals surface area (Å²) in [6.45, 7) is 0.238. The van der Waals surface area contributed by atoms with Crippen LogP contribution in [-0.4, -0.2) is 59.5 Å². The van der Waals surface area contributed by atoms with Gasteiger partial charge in [-0.2, -0.15) is 5.10 Å². The number of hydrogen-bond donors (Lipinski definition) is 2. The van der Waals surface area contributed by atoms with Crippen molar-refractivity contribution in [3.05, 3.63) is 47.7 Å². The van der Waals surface area contributed by atoms with Crippen LogP contribution in [0.5, 0.6) is 17.2 Å². The lowest BCUT2D eigenvalue weighted by atomic mass is 10.0. The molecular weight excluding hydrogens is 440 g/mol. The number of ether oxygens (including phenoxy) is 4. The lowest BCUT2D eigenvalue weighted by Crippen LogP contribution is -2.31. The minimum atomic E-state index is -1.04. The molecule has 0 bridgehead atoms. The van der Waals surface area contributed by atoms with E-state index in [4.69, 9.17) is 18.9 Å². The van der Waals surface area contributed by atoms with E-state index in [2.05, 4.69) is 5.10 Å². The first kappa shape index (κ1) is 23.8. The summed E-state index contributed by atoms with van der Waals surface area (Å²) in [6, 6.07) is 8.44. The first-order chi connectivity index (χ1) is 16.4. The van der Waals surface area contributed by atoms with Gasteiger partial charge in [-0.05, 0) is 36.6 Å². The first-order valence-corrected chi connectivity index (χ1v) is 11.3. The van der Waals surface area contributed by atoms with Crippen LogP contribution in [0.3, 0.4) is 0 Å². The summed E-state index contributed by atoms with van der Waals surface area (Å²) in [5.74, 6) is 0.277. The van der Waals surface area contributed by atoms with Gasteiger partial charge < -0.3 is 29.2 Å². The topological polar surface area (TPSA) is 112 Å². The molecule has 0 radical (unpaired) electrons. The van der Waals surface area contributed by atoms with E-state index in [0.717, 1.165) is 25.7 Å². The quantitative estimate of drug-likeness (QED) is 0.460. The fourth-order valence-electron chi connectivity index (χ4n) is 4.52. The second-order valence-corrected chi connectivity index (χ2v) is 8.38. The van der Waals surface area contributed by atoms with Gasteiger partial charge in [0.15, 0.2) is 11.5 Å². The Morgan fingerprint density at radius 1 is 1.12 bits per heavy atom. The van der Waals surface area contributed by atoms with Crippen LogP contribution < -0.4 is 14.2 Å². The molecule has 0 amide bonds. The molecule has 1 aromatic heterocycles. The van der Waals surface area contributed by atoms with Crippen molar-refractivity contribution in [2.24, 2.45) is 0 Å². The lowest BCUT2D eigenvalue weighted by Gasteiger charge is -2.27. The molecule has 1 fully saturated rings. The summed E-state index contributed by atoms with van der Waals surface area (Å²) in [5.41, 5.74) is 1.09. The number of methoxy groups -OCH3 is 3. The highest BCUT2D eigenvalue weighted by atomic mass is 16.5. The molecule has 2 atom stereocenters. The van der Waals surface area contributed by atoms with Crippen LogP contribution in [0.4, 0.5) is 0 Å². The van der Waals surface area contributed by atoms with Crippen LogP contribution in [0.15, 0.2) is 36.5 Å². The highest BCUT2D eigenvalue weighted by molar-refractivity contribution is 6.01. The van der Waals surface area contributed by atoms with E-state index >= 15 is 0 Å². The molecule has 3 aromatic rings. The molecule has 34 heavy (non-hydrogen) atoms. The summed E-state index contributed by atoms with van der Waals surface area (Å²) in [5, 5.41) is 26.1. The molecule has 2 unspecified atom stereocenters. The molecule has 182 valence electrons. The molecule has 4 rings (SSSR count). The monoisotopic (exact) mass is 470 g/mol. The largest absolute Gasteiger partial charge is 0.493 e. The Morgan fingerprint density at radius 3 is 2.38 bits per heavy atom. The van der Waals surface area contributed by atoms with Crippen molar-refractivity contribution in [3.63, 3.8) is 0 Å². The van der Waals surface area contributed by atoms with Crippen molar-refractivity contribution in [1.82, 2.24) is 9.78 Å². The number of aliphatic hydroxyl groups is 1. The van der Waals surface area contributed by atoms with Crippen molar-refractivity contribution >= 4 is 16.9 Å². The zero-order valence-corrected chi connectivity index (χ0v) is 19.6. The van der Waals surface area contributed by atoms with Gasteiger partial charge >= 0.3 is 5.97 Å². The van der Waals surface area contributed by atoms with E-state index in [1.54, 1.807) is 29.1 Å². The van der Waals surface area contributed by atoms with Gasteiger partial charge in [-0.15, -0.1) is 0 Å². The number of fused-ring (bicyclic) bond motifs is 1. The van der Waals surface area contributed by atoms with Gasteiger partial charge in [0.25, 0.3) is 0 Å². The molecule has 0 aliphatic heterocycles. The van der Waals surface area contributed by atoms with Gasteiger partial charge in [0.2, 0.25) is 5.75 Å². The van der Waals surface area contributed by atoms with Gasteiger partial charge in [-0.25, -0.2) is 4.79 Å². The molecule has 1 heterocycles. The maximum absolute atomic E-state index is 11.6. The summed E-state index contributed by atoms with van der Waals surface area (Å²) >= 11 is 0. The summed E-state index contributed by atoms with van der Waals surface area (Å²) in [7, 11) is 4.57. The number of hydrogen-bond acceptors (Lipinski definition) is 7. The second-order valence-electron chi connectivity index (χ2n) is 8.38. The van der Waals surface area contributed by atoms with Crippen LogP contribution in [0, 0.1) is 0 Å². The van der Waals surface area contributed by atoms with E-state index < -0.39 is 18.2 Å². The molecule has 1 saturated carbocycles. The van der Waals surface area contributed by atoms with Crippen LogP contribution in [0.25, 0.3) is 10.9 Å². The highest BCUT2D eigenvalue weighted by Crippen LogP contribution is 2.41. The summed E-state index contributed by atoms with van der Waals surface area (Å²) in [6.07, 6.45) is 4.21. The van der Waals surface area contributed by atoms with Gasteiger partial charge in [0.1, 0.15) is 17.7 Å². The van der Waals surface area contributed by atoms with Crippen molar-refractivity contribution in [1.29, 1.82) is 0 Å². The molecule has 0 saturated heterocycles. The number of aromatic carboxylic acids is 1. The number of carboxylic acids is 1. The van der Waals surface area contributed by atoms with Crippen molar-refractivity contribution < 1.29 is 34.0 Å². The lowest BCUT2D eigenvalue weighted by molar-refractivity contribution is -0.0845. The van der Waals surface area contributed by atoms with Crippen LogP contribution in [0.2, 0.25) is 0 Å². The third-order valence-electron chi connectivity index (χ3n) is 6.23. The van der Waals surface area contributed by atoms with E-state index in [9.17, 15) is 15.0 Å². The van der Waals surface area contributed by atoms with Gasteiger partial charge in [0.05, 0.1) is 39.5 Å². The van der Waals surface area contributed by atoms with Crippen molar-refractivity contribution in [2.75, 3.05) is 21.3 Å². The number of carbonyl (C=O) groups is 1. The van der Waals surface area contributed by atoms with Crippen molar-refractivity contribution in [3.8, 4) is 17.2 Å². The Bertz CT molecular complexity index is 1130. The third-order valence-corrected chi connectivity index (χ3v) is 6.23. The SMILES string of the molecule is COc1cc(C(O)C(Cn2cc3cccc(C(=O)O)c3n2)OC2CCCC2)cc(OC)c1OC. The number of aromatic nitrogens is 2. The number of rotatable bonds is 10. The van der Waals surface area contributed by atoms with Gasteiger partial charge in [-0.3, -0.25) is 4.68 Å². The highest BCUT2D eigenvalue weighted by Gasteiger charge is 2.30. The molecular formula is C25H30N2O7. The normalized spacial score (nSPS) is 15.9. The number of aliphatic hydroxyl groups excluding tert-OH is 1. The predicted molar refractivity (Wildman–Crippen MR) is 125 cm³/mol. The number of carboxylic acid groups (broad SMARTS) is 1. The fraction of sp³-hybridized carbons (Fsp3) is 0.440. The van der Waals surface area contributed by atoms with Gasteiger partial charge in [-0.1, -0.05) is 25.0 Å².